The van der Waals surface area contributed by atoms with E-state index >= 15 is 0 Å². The van der Waals surface area contributed by atoms with Crippen molar-refractivity contribution in [2.45, 2.75) is 13.8 Å². The van der Waals surface area contributed by atoms with Gasteiger partial charge in [-0.15, -0.1) is 0 Å². The molecule has 2 aromatic rings. The van der Waals surface area contributed by atoms with Crippen molar-refractivity contribution in [1.29, 1.82) is 0 Å². The van der Waals surface area contributed by atoms with Crippen LogP contribution >= 0.6 is 0 Å². The molecule has 1 N–H and O–H groups in total. The second-order valence-electron chi connectivity index (χ2n) is 5.12. The number of hydrogen-bond donors (Lipinski definition) is 1. The van der Waals surface area contributed by atoms with Crippen molar-refractivity contribution in [2.24, 2.45) is 0 Å². The maximum atomic E-state index is 12.5. The number of ether oxygens (including phenoxy) is 1. The van der Waals surface area contributed by atoms with Gasteiger partial charge in [-0.25, -0.2) is 0 Å². The zero-order valence-corrected chi connectivity index (χ0v) is 13.7. The summed E-state index contributed by atoms with van der Waals surface area (Å²) >= 11 is 0. The monoisotopic (exact) mass is 313 g/mol. The van der Waals surface area contributed by atoms with Crippen LogP contribution in [0.2, 0.25) is 0 Å². The van der Waals surface area contributed by atoms with Gasteiger partial charge in [0.1, 0.15) is 5.75 Å². The Morgan fingerprint density at radius 3 is 2.61 bits per heavy atom. The summed E-state index contributed by atoms with van der Waals surface area (Å²) in [6.07, 6.45) is 0. The Morgan fingerprint density at radius 2 is 1.91 bits per heavy atom. The summed E-state index contributed by atoms with van der Waals surface area (Å²) in [5.74, 6) is 0.736. The van der Waals surface area contributed by atoms with E-state index in [4.69, 9.17) is 9.84 Å². The second kappa shape index (κ2) is 8.34. The second-order valence-corrected chi connectivity index (χ2v) is 5.12. The highest BCUT2D eigenvalue weighted by Crippen LogP contribution is 2.30. The van der Waals surface area contributed by atoms with Gasteiger partial charge in [0.05, 0.1) is 13.2 Å². The number of carbonyl (C=O) groups excluding carboxylic acids is 1. The third-order valence-corrected chi connectivity index (χ3v) is 3.65. The van der Waals surface area contributed by atoms with Crippen molar-refractivity contribution in [3.05, 3.63) is 54.1 Å². The molecule has 4 nitrogen and oxygen atoms in total. The molecule has 23 heavy (non-hydrogen) atoms. The molecule has 0 heterocycles. The van der Waals surface area contributed by atoms with Crippen LogP contribution in [-0.2, 0) is 0 Å². The minimum atomic E-state index is -0.0720. The third-order valence-electron chi connectivity index (χ3n) is 3.65. The quantitative estimate of drug-likeness (QED) is 0.854. The Kier molecular flexibility index (Phi) is 6.18. The molecule has 2 aromatic carbocycles. The van der Waals surface area contributed by atoms with Gasteiger partial charge in [0.15, 0.2) is 0 Å². The van der Waals surface area contributed by atoms with Crippen molar-refractivity contribution in [3.8, 4) is 16.9 Å². The first-order valence-electron chi connectivity index (χ1n) is 7.93. The number of carbonyl (C=O) groups is 1. The van der Waals surface area contributed by atoms with Crippen molar-refractivity contribution < 1.29 is 14.6 Å². The smallest absolute Gasteiger partial charge is 0.253 e. The Hall–Kier alpha value is -2.33. The van der Waals surface area contributed by atoms with Crippen LogP contribution in [0, 0.1) is 0 Å². The molecule has 4 heteroatoms. The normalized spacial score (nSPS) is 10.4. The maximum Gasteiger partial charge on any atom is 0.253 e. The molecule has 0 aliphatic carbocycles. The lowest BCUT2D eigenvalue weighted by Crippen LogP contribution is -2.33. The molecular formula is C19H23NO3. The first kappa shape index (κ1) is 17.0. The lowest BCUT2D eigenvalue weighted by molar-refractivity contribution is 0.0732. The molecule has 0 saturated carbocycles. The number of hydrogen-bond acceptors (Lipinski definition) is 3. The molecule has 0 radical (unpaired) electrons. The fourth-order valence-electron chi connectivity index (χ4n) is 2.51. The highest BCUT2D eigenvalue weighted by atomic mass is 16.5. The van der Waals surface area contributed by atoms with Crippen molar-refractivity contribution in [3.63, 3.8) is 0 Å². The van der Waals surface area contributed by atoms with Gasteiger partial charge in [-0.2, -0.15) is 0 Å². The Balaban J connectivity index is 2.35. The molecule has 0 spiro atoms. The summed E-state index contributed by atoms with van der Waals surface area (Å²) < 4.78 is 5.67. The van der Waals surface area contributed by atoms with E-state index in [-0.39, 0.29) is 12.5 Å². The van der Waals surface area contributed by atoms with Gasteiger partial charge in [0.2, 0.25) is 0 Å². The Morgan fingerprint density at radius 1 is 1.13 bits per heavy atom. The Labute approximate surface area is 137 Å². The van der Waals surface area contributed by atoms with Crippen LogP contribution in [0.5, 0.6) is 5.75 Å². The van der Waals surface area contributed by atoms with Crippen LogP contribution in [0.3, 0.4) is 0 Å². The molecule has 0 aromatic heterocycles. The van der Waals surface area contributed by atoms with Crippen LogP contribution in [0.15, 0.2) is 48.5 Å². The predicted octanol–water partition coefficient (Wildman–Crippen LogP) is 3.21. The maximum absolute atomic E-state index is 12.5. The van der Waals surface area contributed by atoms with Crippen LogP contribution in [0.25, 0.3) is 11.1 Å². The fraction of sp³-hybridized carbons (Fsp3) is 0.316. The molecule has 122 valence electrons. The number of likely N-dealkylation sites (N-methyl/N-ethyl adjacent to an activating group) is 1. The highest BCUT2D eigenvalue weighted by Gasteiger charge is 2.15. The van der Waals surface area contributed by atoms with E-state index in [1.165, 1.54) is 0 Å². The number of para-hydroxylation sites is 1. The zero-order valence-electron chi connectivity index (χ0n) is 13.7. The highest BCUT2D eigenvalue weighted by molar-refractivity contribution is 5.95. The predicted molar refractivity (Wildman–Crippen MR) is 91.7 cm³/mol. The van der Waals surface area contributed by atoms with E-state index in [1.807, 2.05) is 56.3 Å². The first-order chi connectivity index (χ1) is 11.2. The molecular weight excluding hydrogens is 290 g/mol. The Bertz CT molecular complexity index is 655. The first-order valence-corrected chi connectivity index (χ1v) is 7.93. The summed E-state index contributed by atoms with van der Waals surface area (Å²) in [6.45, 7) is 5.32. The summed E-state index contributed by atoms with van der Waals surface area (Å²) in [6, 6.07) is 15.3. The molecule has 0 saturated heterocycles. The summed E-state index contributed by atoms with van der Waals surface area (Å²) in [5.41, 5.74) is 2.53. The van der Waals surface area contributed by atoms with Gasteiger partial charge >= 0.3 is 0 Å². The largest absolute Gasteiger partial charge is 0.493 e. The van der Waals surface area contributed by atoms with Gasteiger partial charge in [0, 0.05) is 24.2 Å². The minimum Gasteiger partial charge on any atom is -0.493 e. The van der Waals surface area contributed by atoms with Gasteiger partial charge in [-0.05, 0) is 37.6 Å². The molecule has 0 aliphatic heterocycles. The number of aliphatic hydroxyl groups is 1. The van der Waals surface area contributed by atoms with E-state index in [2.05, 4.69) is 0 Å². The zero-order chi connectivity index (χ0) is 16.7. The molecule has 0 atom stereocenters. The average molecular weight is 313 g/mol. The van der Waals surface area contributed by atoms with E-state index in [9.17, 15) is 4.79 Å². The van der Waals surface area contributed by atoms with Crippen molar-refractivity contribution in [2.75, 3.05) is 26.3 Å². The topological polar surface area (TPSA) is 49.8 Å². The lowest BCUT2D eigenvalue weighted by atomic mass is 10.0. The van der Waals surface area contributed by atoms with E-state index < -0.39 is 0 Å². The number of nitrogens with zero attached hydrogens (tertiary/aromatic N) is 1. The molecule has 1 amide bonds. The van der Waals surface area contributed by atoms with Crippen LogP contribution in [-0.4, -0.2) is 42.2 Å². The average Bonchev–Trinajstić information content (AvgIpc) is 2.60. The van der Waals surface area contributed by atoms with Gasteiger partial charge in [-0.1, -0.05) is 30.3 Å². The van der Waals surface area contributed by atoms with E-state index in [1.54, 1.807) is 11.0 Å². The number of rotatable bonds is 7. The number of aliphatic hydroxyl groups excluding tert-OH is 1. The standard InChI is InChI=1S/C19H23NO3/c1-3-20(12-13-21)19(22)16-9-7-8-15(14-16)17-10-5-6-11-18(17)23-4-2/h5-11,14,21H,3-4,12-13H2,1-2H3. The fourth-order valence-corrected chi connectivity index (χ4v) is 2.51. The van der Waals surface area contributed by atoms with Crippen LogP contribution < -0.4 is 4.74 Å². The minimum absolute atomic E-state index is 0.0353. The van der Waals surface area contributed by atoms with Crippen molar-refractivity contribution >= 4 is 5.91 Å². The van der Waals surface area contributed by atoms with E-state index in [0.29, 0.717) is 25.3 Å². The van der Waals surface area contributed by atoms with Crippen molar-refractivity contribution in [1.82, 2.24) is 4.90 Å². The molecule has 0 fully saturated rings. The lowest BCUT2D eigenvalue weighted by Gasteiger charge is -2.20. The summed E-state index contributed by atoms with van der Waals surface area (Å²) in [4.78, 5) is 14.2. The third kappa shape index (κ3) is 4.11. The van der Waals surface area contributed by atoms with Crippen LogP contribution in [0.4, 0.5) is 0 Å². The SMILES string of the molecule is CCOc1ccccc1-c1cccc(C(=O)N(CC)CCO)c1. The molecule has 0 bridgehead atoms. The molecule has 0 aliphatic rings. The molecule has 0 unspecified atom stereocenters. The van der Waals surface area contributed by atoms with Crippen LogP contribution in [0.1, 0.15) is 24.2 Å². The summed E-state index contributed by atoms with van der Waals surface area (Å²) in [7, 11) is 0. The summed E-state index contributed by atoms with van der Waals surface area (Å²) in [5, 5.41) is 9.08. The number of amides is 1. The molecule has 2 rings (SSSR count). The van der Waals surface area contributed by atoms with Gasteiger partial charge < -0.3 is 14.7 Å². The number of benzene rings is 2. The van der Waals surface area contributed by atoms with Gasteiger partial charge in [-0.3, -0.25) is 4.79 Å². The van der Waals surface area contributed by atoms with Gasteiger partial charge in [0.25, 0.3) is 5.91 Å². The van der Waals surface area contributed by atoms with E-state index in [0.717, 1.165) is 16.9 Å².